The van der Waals surface area contributed by atoms with Gasteiger partial charge in [-0.05, 0) is 38.9 Å². The van der Waals surface area contributed by atoms with Crippen LogP contribution in [0.4, 0.5) is 0 Å². The lowest BCUT2D eigenvalue weighted by Crippen LogP contribution is -2.18. The second-order valence-corrected chi connectivity index (χ2v) is 5.17. The Bertz CT molecular complexity index is 599. The molecule has 1 heterocycles. The Morgan fingerprint density at radius 2 is 2.00 bits per heavy atom. The van der Waals surface area contributed by atoms with E-state index in [2.05, 4.69) is 29.8 Å². The van der Waals surface area contributed by atoms with Gasteiger partial charge in [-0.2, -0.15) is 0 Å². The summed E-state index contributed by atoms with van der Waals surface area (Å²) < 4.78 is 2.52. The highest BCUT2D eigenvalue weighted by Gasteiger charge is 2.11. The fraction of sp³-hybridized carbons (Fsp3) is 0.308. The molecule has 1 aromatic heterocycles. The van der Waals surface area contributed by atoms with Gasteiger partial charge in [0.25, 0.3) is 5.56 Å². The van der Waals surface area contributed by atoms with Crippen LogP contribution in [0.3, 0.4) is 0 Å². The zero-order chi connectivity index (χ0) is 11.9. The predicted molar refractivity (Wildman–Crippen MR) is 71.0 cm³/mol. The van der Waals surface area contributed by atoms with E-state index in [-0.39, 0.29) is 5.56 Å². The first-order chi connectivity index (χ1) is 7.52. The molecular formula is C13H14BrNO. The molecule has 16 heavy (non-hydrogen) atoms. The van der Waals surface area contributed by atoms with E-state index in [0.29, 0.717) is 5.92 Å². The van der Waals surface area contributed by atoms with Crippen molar-refractivity contribution in [2.75, 3.05) is 0 Å². The molecule has 0 unspecified atom stereocenters. The Hall–Kier alpha value is -1.09. The molecule has 0 aliphatic carbocycles. The van der Waals surface area contributed by atoms with E-state index in [1.54, 1.807) is 11.6 Å². The lowest BCUT2D eigenvalue weighted by Gasteiger charge is -2.12. The fourth-order valence-corrected chi connectivity index (χ4v) is 2.49. The number of benzene rings is 1. The lowest BCUT2D eigenvalue weighted by molar-refractivity contribution is 0.809. The molecule has 0 fully saturated rings. The van der Waals surface area contributed by atoms with Crippen LogP contribution in [0.25, 0.3) is 10.8 Å². The first kappa shape index (κ1) is 11.4. The van der Waals surface area contributed by atoms with Crippen LogP contribution >= 0.6 is 15.9 Å². The average molecular weight is 280 g/mol. The van der Waals surface area contributed by atoms with Gasteiger partial charge in [-0.3, -0.25) is 4.79 Å². The quantitative estimate of drug-likeness (QED) is 0.784. The summed E-state index contributed by atoms with van der Waals surface area (Å²) in [5.41, 5.74) is 1.25. The summed E-state index contributed by atoms with van der Waals surface area (Å²) in [6, 6.07) is 5.89. The minimum atomic E-state index is 0.0480. The van der Waals surface area contributed by atoms with Crippen LogP contribution in [0.1, 0.15) is 25.3 Å². The molecule has 0 atom stereocenters. The second kappa shape index (κ2) is 4.06. The summed E-state index contributed by atoms with van der Waals surface area (Å²) in [5.74, 6) is 0.406. The van der Waals surface area contributed by atoms with Crippen molar-refractivity contribution in [1.29, 1.82) is 0 Å². The monoisotopic (exact) mass is 279 g/mol. The zero-order valence-corrected chi connectivity index (χ0v) is 11.2. The first-order valence-electron chi connectivity index (χ1n) is 5.30. The number of hydrogen-bond acceptors (Lipinski definition) is 1. The van der Waals surface area contributed by atoms with Gasteiger partial charge < -0.3 is 4.57 Å². The van der Waals surface area contributed by atoms with Crippen LogP contribution in [0, 0.1) is 0 Å². The largest absolute Gasteiger partial charge is 0.318 e. The number of aromatic nitrogens is 1. The highest BCUT2D eigenvalue weighted by Crippen LogP contribution is 2.27. The standard InChI is InChI=1S/C13H14BrNO/c1-8(2)10-7-15(3)13(16)12-9(10)5-4-6-11(12)14/h4-8H,1-3H3. The number of aryl methyl sites for hydroxylation is 1. The van der Waals surface area contributed by atoms with Crippen LogP contribution in [0.2, 0.25) is 0 Å². The predicted octanol–water partition coefficient (Wildman–Crippen LogP) is 3.42. The van der Waals surface area contributed by atoms with Crippen LogP contribution in [-0.4, -0.2) is 4.57 Å². The molecule has 2 rings (SSSR count). The van der Waals surface area contributed by atoms with Gasteiger partial charge in [0.15, 0.2) is 0 Å². The maximum absolute atomic E-state index is 12.1. The van der Waals surface area contributed by atoms with E-state index >= 15 is 0 Å². The number of fused-ring (bicyclic) bond motifs is 1. The molecule has 84 valence electrons. The number of hydrogen-bond donors (Lipinski definition) is 0. The van der Waals surface area contributed by atoms with Gasteiger partial charge in [-0.25, -0.2) is 0 Å². The smallest absolute Gasteiger partial charge is 0.259 e. The Morgan fingerprint density at radius 3 is 2.62 bits per heavy atom. The van der Waals surface area contributed by atoms with E-state index in [9.17, 15) is 4.79 Å². The maximum atomic E-state index is 12.1. The third-order valence-corrected chi connectivity index (χ3v) is 3.47. The molecule has 3 heteroatoms. The molecule has 0 saturated carbocycles. The molecule has 0 spiro atoms. The maximum Gasteiger partial charge on any atom is 0.259 e. The molecule has 0 N–H and O–H groups in total. The molecule has 2 aromatic rings. The van der Waals surface area contributed by atoms with Crippen molar-refractivity contribution in [1.82, 2.24) is 4.57 Å². The van der Waals surface area contributed by atoms with Crippen molar-refractivity contribution >= 4 is 26.7 Å². The number of rotatable bonds is 1. The fourth-order valence-electron chi connectivity index (χ4n) is 1.96. The van der Waals surface area contributed by atoms with Gasteiger partial charge in [-0.15, -0.1) is 0 Å². The van der Waals surface area contributed by atoms with Gasteiger partial charge in [0.05, 0.1) is 5.39 Å². The van der Waals surface area contributed by atoms with Gasteiger partial charge in [-0.1, -0.05) is 26.0 Å². The van der Waals surface area contributed by atoms with Crippen LogP contribution in [0.5, 0.6) is 0 Å². The highest BCUT2D eigenvalue weighted by molar-refractivity contribution is 9.10. The van der Waals surface area contributed by atoms with Gasteiger partial charge >= 0.3 is 0 Å². The molecule has 0 bridgehead atoms. The first-order valence-corrected chi connectivity index (χ1v) is 6.09. The third-order valence-electron chi connectivity index (χ3n) is 2.81. The molecule has 0 saturated heterocycles. The minimum absolute atomic E-state index is 0.0480. The molecule has 0 radical (unpaired) electrons. The molecule has 0 aliphatic rings. The molecule has 1 aromatic carbocycles. The molecule has 0 aliphatic heterocycles. The van der Waals surface area contributed by atoms with E-state index in [1.807, 2.05) is 24.4 Å². The van der Waals surface area contributed by atoms with Crippen LogP contribution in [0.15, 0.2) is 33.7 Å². The van der Waals surface area contributed by atoms with Gasteiger partial charge in [0.1, 0.15) is 0 Å². The molecule has 0 amide bonds. The summed E-state index contributed by atoms with van der Waals surface area (Å²) in [5, 5.41) is 1.82. The van der Waals surface area contributed by atoms with E-state index in [4.69, 9.17) is 0 Å². The third kappa shape index (κ3) is 1.69. The van der Waals surface area contributed by atoms with Crippen molar-refractivity contribution in [2.24, 2.45) is 7.05 Å². The van der Waals surface area contributed by atoms with E-state index in [1.165, 1.54) is 5.56 Å². The average Bonchev–Trinajstić information content (AvgIpc) is 2.22. The lowest BCUT2D eigenvalue weighted by atomic mass is 9.98. The topological polar surface area (TPSA) is 22.0 Å². The van der Waals surface area contributed by atoms with Crippen molar-refractivity contribution in [3.8, 4) is 0 Å². The van der Waals surface area contributed by atoms with Crippen molar-refractivity contribution in [3.63, 3.8) is 0 Å². The van der Waals surface area contributed by atoms with Crippen LogP contribution < -0.4 is 5.56 Å². The normalized spacial score (nSPS) is 11.3. The van der Waals surface area contributed by atoms with Crippen LogP contribution in [-0.2, 0) is 7.05 Å². The highest BCUT2D eigenvalue weighted by atomic mass is 79.9. The second-order valence-electron chi connectivity index (χ2n) is 4.32. The Kier molecular flexibility index (Phi) is 2.89. The van der Waals surface area contributed by atoms with Gasteiger partial charge in [0, 0.05) is 17.7 Å². The summed E-state index contributed by atoms with van der Waals surface area (Å²) in [6.45, 7) is 4.28. The molecular weight excluding hydrogens is 266 g/mol. The summed E-state index contributed by atoms with van der Waals surface area (Å²) >= 11 is 3.45. The summed E-state index contributed by atoms with van der Waals surface area (Å²) in [4.78, 5) is 12.1. The van der Waals surface area contributed by atoms with E-state index in [0.717, 1.165) is 15.2 Å². The number of halogens is 1. The van der Waals surface area contributed by atoms with Crippen molar-refractivity contribution < 1.29 is 0 Å². The number of nitrogens with zero attached hydrogens (tertiary/aromatic N) is 1. The summed E-state index contributed by atoms with van der Waals surface area (Å²) in [6.07, 6.45) is 1.93. The van der Waals surface area contributed by atoms with Gasteiger partial charge in [0.2, 0.25) is 0 Å². The zero-order valence-electron chi connectivity index (χ0n) is 9.62. The number of pyridine rings is 1. The Morgan fingerprint density at radius 1 is 1.31 bits per heavy atom. The Labute approximate surface area is 103 Å². The minimum Gasteiger partial charge on any atom is -0.318 e. The molecule has 2 nitrogen and oxygen atoms in total. The Balaban J connectivity index is 3.01. The van der Waals surface area contributed by atoms with E-state index < -0.39 is 0 Å². The van der Waals surface area contributed by atoms with Crippen molar-refractivity contribution in [2.45, 2.75) is 19.8 Å². The van der Waals surface area contributed by atoms with Crippen molar-refractivity contribution in [3.05, 3.63) is 44.8 Å². The summed E-state index contributed by atoms with van der Waals surface area (Å²) in [7, 11) is 1.80. The SMILES string of the molecule is CC(C)c1cn(C)c(=O)c2c(Br)cccc12.